The van der Waals surface area contributed by atoms with Crippen molar-refractivity contribution in [3.05, 3.63) is 99.6 Å². The molecule has 0 bridgehead atoms. The molecule has 0 saturated heterocycles. The van der Waals surface area contributed by atoms with Gasteiger partial charge in [-0.3, -0.25) is 0 Å². The zero-order valence-corrected chi connectivity index (χ0v) is 24.7. The van der Waals surface area contributed by atoms with Crippen LogP contribution in [0.5, 0.6) is 0 Å². The van der Waals surface area contributed by atoms with Gasteiger partial charge in [-0.25, -0.2) is 0 Å². The molecule has 0 amide bonds. The fourth-order valence-electron chi connectivity index (χ4n) is 5.73. The molecule has 32 heavy (non-hydrogen) atoms. The molecule has 0 radical (unpaired) electrons. The van der Waals surface area contributed by atoms with Gasteiger partial charge >= 0.3 is 203 Å². The van der Waals surface area contributed by atoms with Gasteiger partial charge in [0.15, 0.2) is 0 Å². The molecule has 0 aliphatic heterocycles. The Bertz CT molecular complexity index is 900. The molecule has 0 spiro atoms. The molecular weight excluding hydrogens is 578 g/mol. The summed E-state index contributed by atoms with van der Waals surface area (Å²) >= 11 is -3.78. The van der Waals surface area contributed by atoms with E-state index in [1.54, 1.807) is 18.0 Å². The average Bonchev–Trinajstić information content (AvgIpc) is 2.82. The summed E-state index contributed by atoms with van der Waals surface area (Å²) in [6.45, 7) is 15.2. The first kappa shape index (κ1) is 25.0. The summed E-state index contributed by atoms with van der Waals surface area (Å²) in [5, 5.41) is 0. The molecule has 0 atom stereocenters. The van der Waals surface area contributed by atoms with Crippen molar-refractivity contribution in [2.75, 3.05) is 0 Å². The normalized spacial score (nSPS) is 12.9. The molecule has 166 valence electrons. The Kier molecular flexibility index (Phi) is 8.60. The minimum atomic E-state index is -3.78. The SMILES string of the molecule is CCB(CC)/C(CC)=[C](/C(C)(C)C)[Pb]([c]1ccccc1)([c]1ccccc1)[c]1ccccc1. The number of allylic oxidation sites excluding steroid dienone is 2. The van der Waals surface area contributed by atoms with Gasteiger partial charge in [0.2, 0.25) is 0 Å². The summed E-state index contributed by atoms with van der Waals surface area (Å²) in [7, 11) is 0. The summed E-state index contributed by atoms with van der Waals surface area (Å²) in [6.07, 6.45) is 3.55. The molecule has 0 unspecified atom stereocenters. The quantitative estimate of drug-likeness (QED) is 0.253. The average molecular weight is 618 g/mol. The van der Waals surface area contributed by atoms with Gasteiger partial charge < -0.3 is 0 Å². The fraction of sp³-hybridized carbons (Fsp3) is 0.333. The van der Waals surface area contributed by atoms with Crippen LogP contribution < -0.4 is 9.37 Å². The topological polar surface area (TPSA) is 0 Å². The van der Waals surface area contributed by atoms with Crippen molar-refractivity contribution in [3.63, 3.8) is 0 Å². The van der Waals surface area contributed by atoms with Gasteiger partial charge in [-0.2, -0.15) is 0 Å². The van der Waals surface area contributed by atoms with Gasteiger partial charge in [0, 0.05) is 0 Å². The van der Waals surface area contributed by atoms with Gasteiger partial charge in [-0.05, 0) is 0 Å². The Balaban J connectivity index is 2.61. The van der Waals surface area contributed by atoms with Gasteiger partial charge in [0.05, 0.1) is 0 Å². The van der Waals surface area contributed by atoms with Crippen LogP contribution in [0, 0.1) is 5.41 Å². The van der Waals surface area contributed by atoms with E-state index in [0.29, 0.717) is 6.71 Å². The Hall–Kier alpha value is -1.61. The second-order valence-corrected chi connectivity index (χ2v) is 24.4. The fourth-order valence-corrected chi connectivity index (χ4v) is 28.8. The van der Waals surface area contributed by atoms with Crippen LogP contribution in [0.25, 0.3) is 0 Å². The monoisotopic (exact) mass is 618 g/mol. The molecule has 0 fully saturated rings. The molecule has 0 nitrogen and oxygen atoms in total. The molecule has 0 saturated carbocycles. The van der Waals surface area contributed by atoms with E-state index in [1.165, 1.54) is 12.6 Å². The molecule has 0 heterocycles. The number of hydrogen-bond donors (Lipinski definition) is 0. The molecule has 0 aromatic heterocycles. The van der Waals surface area contributed by atoms with Crippen molar-refractivity contribution >= 4 is 37.3 Å². The second kappa shape index (κ2) is 11.0. The maximum absolute atomic E-state index is 3.78. The van der Waals surface area contributed by atoms with Crippen LogP contribution in [-0.4, -0.2) is 27.9 Å². The van der Waals surface area contributed by atoms with Crippen molar-refractivity contribution in [2.24, 2.45) is 5.41 Å². The Morgan fingerprint density at radius 1 is 0.625 bits per heavy atom. The van der Waals surface area contributed by atoms with E-state index in [2.05, 4.69) is 133 Å². The predicted molar refractivity (Wildman–Crippen MR) is 147 cm³/mol. The third-order valence-electron chi connectivity index (χ3n) is 6.93. The summed E-state index contributed by atoms with van der Waals surface area (Å²) < 4.78 is 6.49. The minimum absolute atomic E-state index is 0.0943. The second-order valence-electron chi connectivity index (χ2n) is 9.87. The molecule has 0 aliphatic carbocycles. The first-order valence-electron chi connectivity index (χ1n) is 12.3. The Morgan fingerprint density at radius 2 is 0.969 bits per heavy atom. The van der Waals surface area contributed by atoms with Crippen LogP contribution in [0.2, 0.25) is 12.6 Å². The van der Waals surface area contributed by atoms with Crippen LogP contribution in [0.3, 0.4) is 0 Å². The number of hydrogen-bond acceptors (Lipinski definition) is 0. The molecule has 0 N–H and O–H groups in total. The summed E-state index contributed by atoms with van der Waals surface area (Å²) in [5.74, 6) is 0. The molecule has 0 aliphatic rings. The first-order valence-corrected chi connectivity index (χ1v) is 20.1. The third-order valence-corrected chi connectivity index (χ3v) is 28.0. The molecular formula is C30H39BPb. The van der Waals surface area contributed by atoms with Gasteiger partial charge in [0.25, 0.3) is 0 Å². The van der Waals surface area contributed by atoms with E-state index >= 15 is 0 Å². The van der Waals surface area contributed by atoms with E-state index in [1.807, 2.05) is 0 Å². The van der Waals surface area contributed by atoms with E-state index in [4.69, 9.17) is 0 Å². The third kappa shape index (κ3) is 4.83. The van der Waals surface area contributed by atoms with Gasteiger partial charge in [0.1, 0.15) is 0 Å². The zero-order chi connectivity index (χ0) is 23.2. The summed E-state index contributed by atoms with van der Waals surface area (Å²) in [6, 6.07) is 34.5. The Labute approximate surface area is 201 Å². The molecule has 3 aromatic rings. The van der Waals surface area contributed by atoms with Crippen LogP contribution in [0.15, 0.2) is 99.6 Å². The van der Waals surface area contributed by atoms with Crippen molar-refractivity contribution < 1.29 is 0 Å². The zero-order valence-electron chi connectivity index (χ0n) is 20.9. The van der Waals surface area contributed by atoms with E-state index in [0.717, 1.165) is 6.42 Å². The van der Waals surface area contributed by atoms with Crippen molar-refractivity contribution in [3.8, 4) is 0 Å². The van der Waals surface area contributed by atoms with Crippen LogP contribution in [0.1, 0.15) is 48.0 Å². The van der Waals surface area contributed by atoms with E-state index < -0.39 is 21.2 Å². The van der Waals surface area contributed by atoms with Crippen molar-refractivity contribution in [2.45, 2.75) is 60.6 Å². The number of benzene rings is 3. The van der Waals surface area contributed by atoms with Gasteiger partial charge in [-0.1, -0.05) is 0 Å². The number of rotatable bonds is 8. The predicted octanol–water partition coefficient (Wildman–Crippen LogP) is 6.52. The summed E-state index contributed by atoms with van der Waals surface area (Å²) in [4.78, 5) is 0. The maximum atomic E-state index is 2.46. The van der Waals surface area contributed by atoms with Crippen LogP contribution >= 0.6 is 0 Å². The molecule has 3 aromatic carbocycles. The first-order chi connectivity index (χ1) is 15.4. The summed E-state index contributed by atoms with van der Waals surface area (Å²) in [5.41, 5.74) is 1.82. The molecule has 3 rings (SSSR count). The molecule has 2 heteroatoms. The van der Waals surface area contributed by atoms with E-state index in [-0.39, 0.29) is 5.41 Å². The van der Waals surface area contributed by atoms with Crippen LogP contribution in [-0.2, 0) is 0 Å². The van der Waals surface area contributed by atoms with E-state index in [9.17, 15) is 0 Å². The van der Waals surface area contributed by atoms with Crippen LogP contribution in [0.4, 0.5) is 0 Å². The van der Waals surface area contributed by atoms with Crippen molar-refractivity contribution in [1.82, 2.24) is 0 Å². The standard InChI is InChI=1S/C12H24B.3C6H5.Pb/c1-7-11(10-12(4,5)6)13(8-2)9-3;3*1-2-4-6-5-3-1;/h7-9H2,1-6H3;3*1-5H;. The van der Waals surface area contributed by atoms with Gasteiger partial charge in [-0.15, -0.1) is 0 Å². The van der Waals surface area contributed by atoms with Crippen molar-refractivity contribution in [1.29, 1.82) is 0 Å². The Morgan fingerprint density at radius 3 is 1.22 bits per heavy atom.